The van der Waals surface area contributed by atoms with Crippen molar-refractivity contribution in [2.45, 2.75) is 13.0 Å². The van der Waals surface area contributed by atoms with Crippen LogP contribution in [-0.4, -0.2) is 29.6 Å². The lowest BCUT2D eigenvalue weighted by molar-refractivity contribution is -0.129. The van der Waals surface area contributed by atoms with Gasteiger partial charge in [0.25, 0.3) is 0 Å². The van der Waals surface area contributed by atoms with Gasteiger partial charge in [-0.1, -0.05) is 24.3 Å². The van der Waals surface area contributed by atoms with E-state index in [4.69, 9.17) is 9.47 Å². The number of fused-ring (bicyclic) bond motifs is 2. The van der Waals surface area contributed by atoms with Gasteiger partial charge in [0.1, 0.15) is 0 Å². The van der Waals surface area contributed by atoms with Gasteiger partial charge < -0.3 is 19.4 Å². The van der Waals surface area contributed by atoms with Crippen molar-refractivity contribution in [3.8, 4) is 11.5 Å². The van der Waals surface area contributed by atoms with E-state index >= 15 is 0 Å². The highest BCUT2D eigenvalue weighted by molar-refractivity contribution is 5.88. The zero-order valence-electron chi connectivity index (χ0n) is 13.4. The second-order valence-corrected chi connectivity index (χ2v) is 5.97. The van der Waals surface area contributed by atoms with Crippen LogP contribution in [0, 0.1) is 0 Å². The summed E-state index contributed by atoms with van der Waals surface area (Å²) in [5.41, 5.74) is 3.10. The summed E-state index contributed by atoms with van der Waals surface area (Å²) in [6, 6.07) is 13.8. The first-order chi connectivity index (χ1) is 11.7. The second kappa shape index (κ2) is 5.92. The molecule has 122 valence electrons. The molecule has 0 saturated carbocycles. The van der Waals surface area contributed by atoms with E-state index in [1.54, 1.807) is 4.90 Å². The van der Waals surface area contributed by atoms with Crippen LogP contribution >= 0.6 is 0 Å². The number of H-pyrrole nitrogens is 1. The third-order valence-electron chi connectivity index (χ3n) is 4.30. The number of carbonyl (C=O) groups excluding carboxylic acids is 1. The predicted octanol–water partition coefficient (Wildman–Crippen LogP) is 3.10. The maximum Gasteiger partial charge on any atom is 0.231 e. The van der Waals surface area contributed by atoms with E-state index in [-0.39, 0.29) is 12.7 Å². The molecule has 0 spiro atoms. The molecule has 1 aliphatic heterocycles. The first-order valence-electron chi connectivity index (χ1n) is 7.88. The van der Waals surface area contributed by atoms with Crippen LogP contribution < -0.4 is 9.47 Å². The molecule has 1 aliphatic rings. The van der Waals surface area contributed by atoms with Crippen LogP contribution in [0.2, 0.25) is 0 Å². The molecule has 5 heteroatoms. The number of amides is 1. The highest BCUT2D eigenvalue weighted by Gasteiger charge is 2.16. The van der Waals surface area contributed by atoms with Gasteiger partial charge in [-0.15, -0.1) is 0 Å². The van der Waals surface area contributed by atoms with Crippen molar-refractivity contribution in [1.82, 2.24) is 9.88 Å². The Morgan fingerprint density at radius 3 is 2.92 bits per heavy atom. The largest absolute Gasteiger partial charge is 0.454 e. The highest BCUT2D eigenvalue weighted by Crippen LogP contribution is 2.32. The Kier molecular flexibility index (Phi) is 3.61. The normalized spacial score (nSPS) is 12.5. The third-order valence-corrected chi connectivity index (χ3v) is 4.30. The van der Waals surface area contributed by atoms with E-state index in [9.17, 15) is 4.79 Å². The molecule has 3 aromatic rings. The molecule has 0 radical (unpaired) electrons. The van der Waals surface area contributed by atoms with Crippen LogP contribution in [0.1, 0.15) is 11.1 Å². The third kappa shape index (κ3) is 2.69. The fourth-order valence-corrected chi connectivity index (χ4v) is 2.98. The van der Waals surface area contributed by atoms with Gasteiger partial charge >= 0.3 is 0 Å². The number of likely N-dealkylation sites (N-methyl/N-ethyl adjacent to an activating group) is 1. The number of aromatic amines is 1. The molecule has 4 rings (SSSR count). The van der Waals surface area contributed by atoms with E-state index < -0.39 is 0 Å². The Balaban J connectivity index is 1.46. The lowest BCUT2D eigenvalue weighted by atomic mass is 10.1. The molecule has 1 amide bonds. The first kappa shape index (κ1) is 14.6. The topological polar surface area (TPSA) is 54.6 Å². The summed E-state index contributed by atoms with van der Waals surface area (Å²) >= 11 is 0. The molecule has 5 nitrogen and oxygen atoms in total. The molecule has 2 aromatic carbocycles. The average molecular weight is 322 g/mol. The molecule has 0 aliphatic carbocycles. The van der Waals surface area contributed by atoms with Gasteiger partial charge in [0.05, 0.1) is 6.42 Å². The van der Waals surface area contributed by atoms with Crippen LogP contribution in [0.4, 0.5) is 0 Å². The molecule has 0 fully saturated rings. The van der Waals surface area contributed by atoms with Crippen molar-refractivity contribution in [3.05, 3.63) is 59.8 Å². The van der Waals surface area contributed by atoms with Crippen LogP contribution in [0.5, 0.6) is 11.5 Å². The molecular weight excluding hydrogens is 304 g/mol. The highest BCUT2D eigenvalue weighted by atomic mass is 16.7. The molecule has 2 heterocycles. The number of nitrogens with one attached hydrogen (secondary N) is 1. The van der Waals surface area contributed by atoms with E-state index in [0.717, 1.165) is 33.5 Å². The average Bonchev–Trinajstić information content (AvgIpc) is 3.21. The van der Waals surface area contributed by atoms with E-state index in [0.29, 0.717) is 13.0 Å². The smallest absolute Gasteiger partial charge is 0.231 e. The standard InChI is InChI=1S/C19H18N2O3/c1-21(11-13-6-7-17-18(8-13)24-12-23-17)19(22)9-14-10-20-16-5-3-2-4-15(14)16/h2-8,10,20H,9,11-12H2,1H3. The number of aromatic nitrogens is 1. The maximum absolute atomic E-state index is 12.5. The zero-order valence-corrected chi connectivity index (χ0v) is 13.4. The van der Waals surface area contributed by atoms with Crippen molar-refractivity contribution in [2.75, 3.05) is 13.8 Å². The maximum atomic E-state index is 12.5. The Morgan fingerprint density at radius 2 is 2.00 bits per heavy atom. The number of hydrogen-bond acceptors (Lipinski definition) is 3. The van der Waals surface area contributed by atoms with Crippen molar-refractivity contribution in [2.24, 2.45) is 0 Å². The fourth-order valence-electron chi connectivity index (χ4n) is 2.98. The van der Waals surface area contributed by atoms with Gasteiger partial charge in [-0.05, 0) is 29.3 Å². The molecule has 0 bridgehead atoms. The summed E-state index contributed by atoms with van der Waals surface area (Å²) < 4.78 is 10.7. The molecule has 0 atom stereocenters. The van der Waals surface area contributed by atoms with Crippen molar-refractivity contribution in [1.29, 1.82) is 0 Å². The van der Waals surface area contributed by atoms with Crippen LogP contribution in [-0.2, 0) is 17.8 Å². The predicted molar refractivity (Wildman–Crippen MR) is 91.0 cm³/mol. The van der Waals surface area contributed by atoms with E-state index in [1.165, 1.54) is 0 Å². The Bertz CT molecular complexity index is 901. The molecule has 1 N–H and O–H groups in total. The molecule has 0 unspecified atom stereocenters. The van der Waals surface area contributed by atoms with E-state index in [1.807, 2.05) is 55.7 Å². The summed E-state index contributed by atoms with van der Waals surface area (Å²) in [4.78, 5) is 17.5. The first-order valence-corrected chi connectivity index (χ1v) is 7.88. The number of para-hydroxylation sites is 1. The number of carbonyl (C=O) groups is 1. The summed E-state index contributed by atoms with van der Waals surface area (Å²) in [6.45, 7) is 0.798. The minimum atomic E-state index is 0.0809. The van der Waals surface area contributed by atoms with Crippen molar-refractivity contribution in [3.63, 3.8) is 0 Å². The lowest BCUT2D eigenvalue weighted by Crippen LogP contribution is -2.27. The van der Waals surface area contributed by atoms with Gasteiger partial charge in [0.15, 0.2) is 11.5 Å². The number of nitrogens with zero attached hydrogens (tertiary/aromatic N) is 1. The zero-order chi connectivity index (χ0) is 16.5. The summed E-state index contributed by atoms with van der Waals surface area (Å²) in [5, 5.41) is 1.10. The minimum Gasteiger partial charge on any atom is -0.454 e. The number of ether oxygens (including phenoxy) is 2. The minimum absolute atomic E-state index is 0.0809. The summed E-state index contributed by atoms with van der Waals surface area (Å²) in [7, 11) is 1.82. The Labute approximate surface area is 139 Å². The van der Waals surface area contributed by atoms with Gasteiger partial charge in [-0.25, -0.2) is 0 Å². The van der Waals surface area contributed by atoms with Gasteiger partial charge in [0, 0.05) is 30.7 Å². The Hall–Kier alpha value is -2.95. The Morgan fingerprint density at radius 1 is 1.17 bits per heavy atom. The summed E-state index contributed by atoms with van der Waals surface area (Å²) in [5.74, 6) is 1.58. The second-order valence-electron chi connectivity index (χ2n) is 5.97. The van der Waals surface area contributed by atoms with Crippen LogP contribution in [0.3, 0.4) is 0 Å². The molecule has 0 saturated heterocycles. The monoisotopic (exact) mass is 322 g/mol. The number of hydrogen-bond donors (Lipinski definition) is 1. The number of rotatable bonds is 4. The van der Waals surface area contributed by atoms with E-state index in [2.05, 4.69) is 4.98 Å². The van der Waals surface area contributed by atoms with Gasteiger partial charge in [0.2, 0.25) is 12.7 Å². The quantitative estimate of drug-likeness (QED) is 0.803. The lowest BCUT2D eigenvalue weighted by Gasteiger charge is -2.17. The van der Waals surface area contributed by atoms with Crippen molar-refractivity contribution < 1.29 is 14.3 Å². The van der Waals surface area contributed by atoms with Crippen LogP contribution in [0.25, 0.3) is 10.9 Å². The van der Waals surface area contributed by atoms with Gasteiger partial charge in [-0.3, -0.25) is 4.79 Å². The summed E-state index contributed by atoms with van der Waals surface area (Å²) in [6.07, 6.45) is 2.29. The fraction of sp³-hybridized carbons (Fsp3) is 0.211. The molecular formula is C19H18N2O3. The molecule has 1 aromatic heterocycles. The van der Waals surface area contributed by atoms with Crippen molar-refractivity contribution >= 4 is 16.8 Å². The number of benzene rings is 2. The van der Waals surface area contributed by atoms with Crippen LogP contribution in [0.15, 0.2) is 48.7 Å². The molecule has 24 heavy (non-hydrogen) atoms. The SMILES string of the molecule is CN(Cc1ccc2c(c1)OCO2)C(=O)Cc1c[nH]c2ccccc12. The van der Waals surface area contributed by atoms with Gasteiger partial charge in [-0.2, -0.15) is 0 Å².